The Morgan fingerprint density at radius 1 is 0.957 bits per heavy atom. The van der Waals surface area contributed by atoms with Crippen molar-refractivity contribution >= 4 is 19.7 Å². The van der Waals surface area contributed by atoms with Crippen molar-refractivity contribution in [2.24, 2.45) is 11.8 Å². The van der Waals surface area contributed by atoms with Gasteiger partial charge in [-0.1, -0.05) is 104 Å². The van der Waals surface area contributed by atoms with Gasteiger partial charge in [-0.05, 0) is 47.1 Å². The van der Waals surface area contributed by atoms with E-state index in [-0.39, 0.29) is 56.4 Å². The van der Waals surface area contributed by atoms with Crippen molar-refractivity contribution in [3.8, 4) is 17.2 Å². The summed E-state index contributed by atoms with van der Waals surface area (Å²) in [5.74, 6) is -0.364. The number of carbonyl (C=O) groups excluding carboxylic acids is 2. The monoisotopic (exact) mass is 656 g/mol. The molecular formula is C37H41N2O7P. The summed E-state index contributed by atoms with van der Waals surface area (Å²) in [6, 6.07) is 26.5. The van der Waals surface area contributed by atoms with Gasteiger partial charge in [-0.25, -0.2) is 9.36 Å². The van der Waals surface area contributed by atoms with E-state index in [0.717, 1.165) is 46.2 Å². The number of fused-ring (bicyclic) bond motifs is 3. The Balaban J connectivity index is 1.32. The highest BCUT2D eigenvalue weighted by Gasteiger charge is 2.33. The van der Waals surface area contributed by atoms with Crippen LogP contribution in [0.2, 0.25) is 0 Å². The van der Waals surface area contributed by atoms with Crippen molar-refractivity contribution in [1.29, 1.82) is 5.26 Å². The van der Waals surface area contributed by atoms with Gasteiger partial charge >= 0.3 is 13.9 Å². The molecule has 0 saturated heterocycles. The zero-order chi connectivity index (χ0) is 33.2. The second kappa shape index (κ2) is 16.2. The lowest BCUT2D eigenvalue weighted by molar-refractivity contribution is -0.124. The zero-order valence-corrected chi connectivity index (χ0v) is 27.7. The highest BCUT2D eigenvalue weighted by molar-refractivity contribution is 7.48. The minimum absolute atomic E-state index is 0.00742. The number of alkyl carbamates (subject to hydrolysis) is 1. The minimum Gasteiger partial charge on any atom is -0.449 e. The number of ether oxygens (including phenoxy) is 1. The Morgan fingerprint density at radius 3 is 2.28 bits per heavy atom. The molecule has 0 radical (unpaired) electrons. The number of rotatable bonds is 15. The SMILES string of the molecule is CC(C)C(=O)[C@@H]1CCC/C1=C/[C@H](COP(=O)(OCCC#N)OCc1ccccc1)NC(=O)OCC1c2ccccc2-c2ccccc21. The first-order valence-corrected chi connectivity index (χ1v) is 17.5. The predicted octanol–water partition coefficient (Wildman–Crippen LogP) is 8.12. The van der Waals surface area contributed by atoms with Crippen LogP contribution in [0.25, 0.3) is 11.1 Å². The summed E-state index contributed by atoms with van der Waals surface area (Å²) in [5, 5.41) is 11.9. The Morgan fingerprint density at radius 2 is 1.62 bits per heavy atom. The molecule has 9 nitrogen and oxygen atoms in total. The molecular weight excluding hydrogens is 615 g/mol. The Hall–Kier alpha value is -4.06. The molecule has 0 heterocycles. The molecule has 2 aliphatic carbocycles. The molecule has 1 fully saturated rings. The number of nitrogens with zero attached hydrogens (tertiary/aromatic N) is 1. The number of amides is 1. The number of hydrogen-bond acceptors (Lipinski definition) is 8. The molecule has 10 heteroatoms. The van der Waals surface area contributed by atoms with Crippen molar-refractivity contribution in [2.75, 3.05) is 19.8 Å². The third-order valence-corrected chi connectivity index (χ3v) is 9.90. The number of hydrogen-bond donors (Lipinski definition) is 1. The average molecular weight is 657 g/mol. The fourth-order valence-electron chi connectivity index (χ4n) is 6.19. The van der Waals surface area contributed by atoms with Crippen LogP contribution < -0.4 is 5.32 Å². The van der Waals surface area contributed by atoms with Gasteiger partial charge in [0.05, 0.1) is 38.4 Å². The van der Waals surface area contributed by atoms with E-state index in [2.05, 4.69) is 17.4 Å². The summed E-state index contributed by atoms with van der Waals surface area (Å²) in [4.78, 5) is 26.3. The van der Waals surface area contributed by atoms with E-state index >= 15 is 0 Å². The predicted molar refractivity (Wildman–Crippen MR) is 178 cm³/mol. The quantitative estimate of drug-likeness (QED) is 0.0988. The summed E-state index contributed by atoms with van der Waals surface area (Å²) >= 11 is 0. The minimum atomic E-state index is -4.15. The number of phosphoric acid groups is 1. The molecule has 1 N–H and O–H groups in total. The lowest BCUT2D eigenvalue weighted by Gasteiger charge is -2.23. The molecule has 0 spiro atoms. The fourth-order valence-corrected chi connectivity index (χ4v) is 7.38. The number of carbonyl (C=O) groups is 2. The third-order valence-electron chi connectivity index (χ3n) is 8.49. The van der Waals surface area contributed by atoms with E-state index in [1.165, 1.54) is 0 Å². The first kappa shape index (κ1) is 34.3. The van der Waals surface area contributed by atoms with Gasteiger partial charge in [-0.15, -0.1) is 0 Å². The van der Waals surface area contributed by atoms with E-state index in [4.69, 9.17) is 23.6 Å². The van der Waals surface area contributed by atoms with Gasteiger partial charge in [0.2, 0.25) is 0 Å². The number of benzene rings is 3. The van der Waals surface area contributed by atoms with Crippen LogP contribution in [-0.4, -0.2) is 37.7 Å². The molecule has 0 aliphatic heterocycles. The maximum Gasteiger partial charge on any atom is 0.475 e. The van der Waals surface area contributed by atoms with E-state index < -0.39 is 20.0 Å². The Labute approximate surface area is 276 Å². The lowest BCUT2D eigenvalue weighted by atomic mass is 9.90. The van der Waals surface area contributed by atoms with Gasteiger partial charge in [-0.2, -0.15) is 5.26 Å². The molecule has 3 aromatic rings. The van der Waals surface area contributed by atoms with Crippen LogP contribution in [0.5, 0.6) is 0 Å². The maximum absolute atomic E-state index is 13.7. The second-order valence-electron chi connectivity index (χ2n) is 12.1. The molecule has 3 atom stereocenters. The van der Waals surface area contributed by atoms with Gasteiger partial charge in [0.15, 0.2) is 0 Å². The zero-order valence-electron chi connectivity index (χ0n) is 26.8. The number of nitriles is 1. The number of phosphoric ester groups is 1. The van der Waals surface area contributed by atoms with E-state index in [0.29, 0.717) is 6.42 Å². The normalized spacial score (nSPS) is 18.3. The first-order chi connectivity index (χ1) is 22.8. The fraction of sp³-hybridized carbons (Fsp3) is 0.378. The third kappa shape index (κ3) is 8.85. The number of Topliss-reactive ketones (excluding diaryl/α,β-unsaturated/α-hetero) is 1. The van der Waals surface area contributed by atoms with Crippen molar-refractivity contribution in [2.45, 2.75) is 58.1 Å². The van der Waals surface area contributed by atoms with E-state index in [9.17, 15) is 14.2 Å². The molecule has 3 aromatic carbocycles. The number of nitrogens with one attached hydrogen (secondary N) is 1. The second-order valence-corrected chi connectivity index (χ2v) is 13.7. The smallest absolute Gasteiger partial charge is 0.449 e. The molecule has 1 amide bonds. The standard InChI is InChI=1S/C37H41N2O7P/c1-26(2)36(40)30-19-10-14-28(30)22-29(24-46-47(42,44-21-11-20-38)45-23-27-12-4-3-5-13-27)39-37(41)43-25-35-33-17-8-6-15-31(33)32-16-7-9-18-34(32)35/h3-9,12-13,15-18,22,26,29-30,35H,10-11,14,19,21,23-25H2,1-2H3,(H,39,41)/b28-22-/t29-,30-,47?/m1/s1. The lowest BCUT2D eigenvalue weighted by Crippen LogP contribution is -2.38. The van der Waals surface area contributed by atoms with Crippen LogP contribution in [0.3, 0.4) is 0 Å². The van der Waals surface area contributed by atoms with E-state index in [1.54, 1.807) is 0 Å². The summed E-state index contributed by atoms with van der Waals surface area (Å²) in [6.07, 6.45) is 3.42. The highest BCUT2D eigenvalue weighted by Crippen LogP contribution is 2.50. The Bertz CT molecular complexity index is 1620. The van der Waals surface area contributed by atoms with Gasteiger partial charge in [0, 0.05) is 17.8 Å². The largest absolute Gasteiger partial charge is 0.475 e. The number of allylic oxidation sites excluding steroid dienone is 1. The summed E-state index contributed by atoms with van der Waals surface area (Å²) < 4.78 is 36.4. The van der Waals surface area contributed by atoms with Crippen LogP contribution >= 0.6 is 7.82 Å². The van der Waals surface area contributed by atoms with Crippen LogP contribution in [0.15, 0.2) is 90.5 Å². The molecule has 0 aromatic heterocycles. The molecule has 1 saturated carbocycles. The number of ketones is 1. The summed E-state index contributed by atoms with van der Waals surface area (Å²) in [5.41, 5.74) is 6.10. The summed E-state index contributed by atoms with van der Waals surface area (Å²) in [6.45, 7) is 3.42. The van der Waals surface area contributed by atoms with Gasteiger partial charge < -0.3 is 10.1 Å². The van der Waals surface area contributed by atoms with Crippen LogP contribution in [0.1, 0.15) is 62.1 Å². The van der Waals surface area contributed by atoms with Crippen LogP contribution in [0, 0.1) is 23.2 Å². The molecule has 246 valence electrons. The van der Waals surface area contributed by atoms with Crippen molar-refractivity contribution in [3.05, 3.63) is 107 Å². The average Bonchev–Trinajstić information content (AvgIpc) is 3.68. The molecule has 5 rings (SSSR count). The van der Waals surface area contributed by atoms with Gasteiger partial charge in [0.1, 0.15) is 12.4 Å². The van der Waals surface area contributed by atoms with Crippen molar-refractivity contribution < 1.29 is 32.5 Å². The molecule has 0 bridgehead atoms. The van der Waals surface area contributed by atoms with Crippen molar-refractivity contribution in [3.63, 3.8) is 0 Å². The van der Waals surface area contributed by atoms with Gasteiger partial charge in [-0.3, -0.25) is 18.4 Å². The van der Waals surface area contributed by atoms with Gasteiger partial charge in [0.25, 0.3) is 0 Å². The van der Waals surface area contributed by atoms with E-state index in [1.807, 2.05) is 92.7 Å². The van der Waals surface area contributed by atoms with Crippen molar-refractivity contribution in [1.82, 2.24) is 5.32 Å². The molecule has 1 unspecified atom stereocenters. The topological polar surface area (TPSA) is 124 Å². The van der Waals surface area contributed by atoms with Crippen LogP contribution in [-0.2, 0) is 34.3 Å². The molecule has 2 aliphatic rings. The highest BCUT2D eigenvalue weighted by atomic mass is 31.2. The maximum atomic E-state index is 13.7. The summed E-state index contributed by atoms with van der Waals surface area (Å²) in [7, 11) is -4.15. The molecule has 47 heavy (non-hydrogen) atoms. The Kier molecular flexibility index (Phi) is 11.8. The van der Waals surface area contributed by atoms with Crippen LogP contribution in [0.4, 0.5) is 4.79 Å². The first-order valence-electron chi connectivity index (χ1n) is 16.1.